The smallest absolute Gasteiger partial charge is 0.317 e. The summed E-state index contributed by atoms with van der Waals surface area (Å²) < 4.78 is 5.94. The van der Waals surface area contributed by atoms with Crippen LogP contribution >= 0.6 is 0 Å². The van der Waals surface area contributed by atoms with E-state index in [1.165, 1.54) is 19.3 Å². The lowest BCUT2D eigenvalue weighted by molar-refractivity contribution is -0.147. The number of rotatable bonds is 4. The Labute approximate surface area is 143 Å². The molecule has 2 amide bonds. The number of aliphatic carboxylic acids is 1. The fourth-order valence-electron chi connectivity index (χ4n) is 4.84. The number of hydrogen-bond donors (Lipinski definition) is 2. The number of amides is 2. The van der Waals surface area contributed by atoms with Crippen molar-refractivity contribution >= 4 is 12.0 Å². The summed E-state index contributed by atoms with van der Waals surface area (Å²) in [5.41, 5.74) is 0.128. The van der Waals surface area contributed by atoms with Crippen molar-refractivity contribution < 1.29 is 19.4 Å². The van der Waals surface area contributed by atoms with Crippen LogP contribution in [0.4, 0.5) is 4.79 Å². The largest absolute Gasteiger partial charge is 0.481 e. The van der Waals surface area contributed by atoms with Crippen LogP contribution < -0.4 is 5.32 Å². The van der Waals surface area contributed by atoms with Gasteiger partial charge in [0.1, 0.15) is 0 Å². The third-order valence-corrected chi connectivity index (χ3v) is 6.37. The van der Waals surface area contributed by atoms with Gasteiger partial charge in [-0.15, -0.1) is 0 Å². The first-order valence-electron chi connectivity index (χ1n) is 9.46. The van der Waals surface area contributed by atoms with E-state index in [-0.39, 0.29) is 29.5 Å². The molecule has 1 spiro atoms. The molecule has 3 fully saturated rings. The van der Waals surface area contributed by atoms with Crippen molar-refractivity contribution in [2.75, 3.05) is 19.7 Å². The number of nitrogens with zero attached hydrogens (tertiary/aromatic N) is 1. The number of ether oxygens (including phenoxy) is 1. The van der Waals surface area contributed by atoms with E-state index < -0.39 is 5.97 Å². The Morgan fingerprint density at radius 3 is 2.46 bits per heavy atom. The highest BCUT2D eigenvalue weighted by Gasteiger charge is 2.56. The minimum atomic E-state index is -0.741. The van der Waals surface area contributed by atoms with Gasteiger partial charge >= 0.3 is 12.0 Å². The minimum absolute atomic E-state index is 0.0243. The van der Waals surface area contributed by atoms with E-state index in [2.05, 4.69) is 5.32 Å². The molecule has 3 aliphatic rings. The van der Waals surface area contributed by atoms with Gasteiger partial charge in [0.05, 0.1) is 12.0 Å². The zero-order valence-corrected chi connectivity index (χ0v) is 14.6. The number of hydrogen-bond acceptors (Lipinski definition) is 3. The quantitative estimate of drug-likeness (QED) is 0.826. The van der Waals surface area contributed by atoms with Crippen molar-refractivity contribution in [1.82, 2.24) is 10.2 Å². The van der Waals surface area contributed by atoms with Gasteiger partial charge in [0, 0.05) is 31.2 Å². The Balaban J connectivity index is 1.55. The third kappa shape index (κ3) is 3.25. The van der Waals surface area contributed by atoms with Crippen molar-refractivity contribution in [3.8, 4) is 0 Å². The zero-order valence-electron chi connectivity index (χ0n) is 14.6. The van der Waals surface area contributed by atoms with Gasteiger partial charge in [0.25, 0.3) is 0 Å². The maximum absolute atomic E-state index is 12.6. The van der Waals surface area contributed by atoms with Gasteiger partial charge in [-0.3, -0.25) is 4.79 Å². The summed E-state index contributed by atoms with van der Waals surface area (Å²) >= 11 is 0. The SMILES string of the molecule is CCOC1CC(NC(=O)N2CCC(C(=O)O)CC2)C12CCCCC2. The number of piperidine rings is 1. The van der Waals surface area contributed by atoms with Crippen molar-refractivity contribution in [2.45, 2.75) is 70.4 Å². The van der Waals surface area contributed by atoms with E-state index in [1.807, 2.05) is 6.92 Å². The van der Waals surface area contributed by atoms with Gasteiger partial charge in [0.15, 0.2) is 0 Å². The Morgan fingerprint density at radius 1 is 1.21 bits per heavy atom. The predicted molar refractivity (Wildman–Crippen MR) is 89.8 cm³/mol. The fraction of sp³-hybridized carbons (Fsp3) is 0.889. The highest BCUT2D eigenvalue weighted by molar-refractivity contribution is 5.76. The number of urea groups is 1. The van der Waals surface area contributed by atoms with E-state index in [9.17, 15) is 9.59 Å². The molecule has 6 heteroatoms. The molecule has 2 atom stereocenters. The normalized spacial score (nSPS) is 30.0. The Hall–Kier alpha value is -1.30. The monoisotopic (exact) mass is 338 g/mol. The van der Waals surface area contributed by atoms with Crippen molar-refractivity contribution in [1.29, 1.82) is 0 Å². The van der Waals surface area contributed by atoms with Crippen LogP contribution in [0.2, 0.25) is 0 Å². The molecule has 6 nitrogen and oxygen atoms in total. The lowest BCUT2D eigenvalue weighted by Gasteiger charge is -2.57. The Morgan fingerprint density at radius 2 is 1.88 bits per heavy atom. The van der Waals surface area contributed by atoms with Crippen LogP contribution in [0.15, 0.2) is 0 Å². The lowest BCUT2D eigenvalue weighted by Crippen LogP contribution is -2.66. The molecule has 2 saturated carbocycles. The van der Waals surface area contributed by atoms with E-state index >= 15 is 0 Å². The molecule has 2 N–H and O–H groups in total. The molecule has 2 aliphatic carbocycles. The minimum Gasteiger partial charge on any atom is -0.481 e. The van der Waals surface area contributed by atoms with Crippen LogP contribution in [0.5, 0.6) is 0 Å². The first-order valence-corrected chi connectivity index (χ1v) is 9.46. The van der Waals surface area contributed by atoms with Gasteiger partial charge in [-0.1, -0.05) is 19.3 Å². The first-order chi connectivity index (χ1) is 11.6. The molecule has 1 aliphatic heterocycles. The van der Waals surface area contributed by atoms with Crippen LogP contribution in [0.1, 0.15) is 58.3 Å². The van der Waals surface area contributed by atoms with Gasteiger partial charge in [0.2, 0.25) is 0 Å². The second-order valence-corrected chi connectivity index (χ2v) is 7.58. The van der Waals surface area contributed by atoms with Crippen molar-refractivity contribution in [3.63, 3.8) is 0 Å². The fourth-order valence-corrected chi connectivity index (χ4v) is 4.84. The van der Waals surface area contributed by atoms with Crippen molar-refractivity contribution in [3.05, 3.63) is 0 Å². The molecule has 136 valence electrons. The summed E-state index contributed by atoms with van der Waals surface area (Å²) in [6.45, 7) is 3.85. The molecule has 2 unspecified atom stereocenters. The first kappa shape index (κ1) is 17.5. The molecular formula is C18H30N2O4. The molecule has 0 radical (unpaired) electrons. The van der Waals surface area contributed by atoms with E-state index in [4.69, 9.17) is 9.84 Å². The van der Waals surface area contributed by atoms with Gasteiger partial charge in [-0.05, 0) is 39.0 Å². The number of likely N-dealkylation sites (tertiary alicyclic amines) is 1. The maximum Gasteiger partial charge on any atom is 0.317 e. The number of carboxylic acid groups (broad SMARTS) is 1. The number of nitrogens with one attached hydrogen (secondary N) is 1. The van der Waals surface area contributed by atoms with Crippen LogP contribution in [0.3, 0.4) is 0 Å². The molecule has 0 aromatic rings. The molecule has 0 aromatic heterocycles. The molecule has 1 saturated heterocycles. The summed E-state index contributed by atoms with van der Waals surface area (Å²) in [5, 5.41) is 12.3. The predicted octanol–water partition coefficient (Wildman–Crippen LogP) is 2.62. The average molecular weight is 338 g/mol. The summed E-state index contributed by atoms with van der Waals surface area (Å²) in [6.07, 6.45) is 8.31. The highest BCUT2D eigenvalue weighted by Crippen LogP contribution is 2.53. The lowest BCUT2D eigenvalue weighted by atomic mass is 9.55. The van der Waals surface area contributed by atoms with Crippen LogP contribution in [0.25, 0.3) is 0 Å². The molecule has 24 heavy (non-hydrogen) atoms. The molecule has 0 bridgehead atoms. The van der Waals surface area contributed by atoms with Crippen LogP contribution in [0, 0.1) is 11.3 Å². The highest BCUT2D eigenvalue weighted by atomic mass is 16.5. The van der Waals surface area contributed by atoms with Crippen LogP contribution in [-0.2, 0) is 9.53 Å². The summed E-state index contributed by atoms with van der Waals surface area (Å²) in [7, 11) is 0. The topological polar surface area (TPSA) is 78.9 Å². The molecule has 0 aromatic carbocycles. The van der Waals surface area contributed by atoms with E-state index in [0.29, 0.717) is 25.9 Å². The van der Waals surface area contributed by atoms with Crippen LogP contribution in [-0.4, -0.2) is 53.8 Å². The van der Waals surface area contributed by atoms with Gasteiger partial charge in [-0.2, -0.15) is 0 Å². The number of carbonyl (C=O) groups is 2. The van der Waals surface area contributed by atoms with Gasteiger partial charge < -0.3 is 20.1 Å². The molecular weight excluding hydrogens is 308 g/mol. The number of carbonyl (C=O) groups excluding carboxylic acids is 1. The Bertz CT molecular complexity index is 468. The van der Waals surface area contributed by atoms with E-state index in [1.54, 1.807) is 4.90 Å². The third-order valence-electron chi connectivity index (χ3n) is 6.37. The van der Waals surface area contributed by atoms with Crippen molar-refractivity contribution in [2.24, 2.45) is 11.3 Å². The standard InChI is InChI=1S/C18H30N2O4/c1-2-24-15-12-14(18(15)8-4-3-5-9-18)19-17(23)20-10-6-13(7-11-20)16(21)22/h13-15H,2-12H2,1H3,(H,19,23)(H,21,22). The second-order valence-electron chi connectivity index (χ2n) is 7.58. The molecule has 1 heterocycles. The van der Waals surface area contributed by atoms with E-state index in [0.717, 1.165) is 25.9 Å². The van der Waals surface area contributed by atoms with Gasteiger partial charge in [-0.25, -0.2) is 4.79 Å². The molecule has 3 rings (SSSR count). The maximum atomic E-state index is 12.6. The second kappa shape index (κ2) is 7.30. The summed E-state index contributed by atoms with van der Waals surface area (Å²) in [4.78, 5) is 25.4. The average Bonchev–Trinajstić information content (AvgIpc) is 2.61. The zero-order chi connectivity index (χ0) is 17.2. The summed E-state index contributed by atoms with van der Waals surface area (Å²) in [5.74, 6) is -1.04. The summed E-state index contributed by atoms with van der Waals surface area (Å²) in [6, 6.07) is 0.183. The Kier molecular flexibility index (Phi) is 5.33. The number of carboxylic acids is 1.